The van der Waals surface area contributed by atoms with Crippen LogP contribution in [0.4, 0.5) is 0 Å². The van der Waals surface area contributed by atoms with E-state index >= 15 is 0 Å². The first-order chi connectivity index (χ1) is 11.1. The highest BCUT2D eigenvalue weighted by atomic mass is 16.5. The van der Waals surface area contributed by atoms with E-state index in [0.29, 0.717) is 6.42 Å². The molecule has 0 saturated carbocycles. The van der Waals surface area contributed by atoms with E-state index in [0.717, 1.165) is 29.7 Å². The van der Waals surface area contributed by atoms with Crippen molar-refractivity contribution >= 4 is 5.91 Å². The lowest BCUT2D eigenvalue weighted by molar-refractivity contribution is -0.121. The topological polar surface area (TPSA) is 38.3 Å². The minimum atomic E-state index is -0.0610. The van der Waals surface area contributed by atoms with E-state index in [1.165, 1.54) is 5.56 Å². The van der Waals surface area contributed by atoms with Crippen molar-refractivity contribution in [1.82, 2.24) is 5.32 Å². The first-order valence-electron chi connectivity index (χ1n) is 8.08. The van der Waals surface area contributed by atoms with Gasteiger partial charge in [-0.25, -0.2) is 0 Å². The van der Waals surface area contributed by atoms with Crippen LogP contribution in [0.2, 0.25) is 0 Å². The summed E-state index contributed by atoms with van der Waals surface area (Å²) in [5.41, 5.74) is 3.45. The largest absolute Gasteiger partial charge is 0.496 e. The fraction of sp³-hybridized carbons (Fsp3) is 0.350. The zero-order valence-corrected chi connectivity index (χ0v) is 14.1. The lowest BCUT2D eigenvalue weighted by Gasteiger charge is -2.18. The second kappa shape index (κ2) is 8.37. The van der Waals surface area contributed by atoms with Gasteiger partial charge < -0.3 is 10.1 Å². The summed E-state index contributed by atoms with van der Waals surface area (Å²) in [7, 11) is 1.66. The number of nitrogens with one attached hydrogen (secondary N) is 1. The predicted octanol–water partition coefficient (Wildman–Crippen LogP) is 4.20. The monoisotopic (exact) mass is 311 g/mol. The van der Waals surface area contributed by atoms with Gasteiger partial charge in [0, 0.05) is 12.0 Å². The smallest absolute Gasteiger partial charge is 0.220 e. The number of rotatable bonds is 7. The fourth-order valence-corrected chi connectivity index (χ4v) is 2.68. The molecule has 2 aromatic carbocycles. The Morgan fingerprint density at radius 2 is 1.91 bits per heavy atom. The quantitative estimate of drug-likeness (QED) is 0.832. The highest BCUT2D eigenvalue weighted by molar-refractivity contribution is 5.76. The molecule has 0 saturated heterocycles. The normalized spacial score (nSPS) is 11.8. The van der Waals surface area contributed by atoms with Gasteiger partial charge in [-0.05, 0) is 38.3 Å². The highest BCUT2D eigenvalue weighted by Crippen LogP contribution is 2.26. The van der Waals surface area contributed by atoms with Crippen molar-refractivity contribution in [2.45, 2.75) is 39.2 Å². The molecule has 0 spiro atoms. The molecular weight excluding hydrogens is 286 g/mol. The molecule has 1 N–H and O–H groups in total. The molecule has 0 aliphatic carbocycles. The SMILES string of the molecule is COc1ccc(C)cc1[C@@H](C)NC(=O)CCCc1ccccc1. The Kier molecular flexibility index (Phi) is 6.21. The molecule has 2 aromatic rings. The fourth-order valence-electron chi connectivity index (χ4n) is 2.68. The van der Waals surface area contributed by atoms with Crippen molar-refractivity contribution < 1.29 is 9.53 Å². The Balaban J connectivity index is 1.86. The number of hydrogen-bond donors (Lipinski definition) is 1. The second-order valence-corrected chi connectivity index (χ2v) is 5.87. The maximum absolute atomic E-state index is 12.1. The lowest BCUT2D eigenvalue weighted by atomic mass is 10.0. The number of benzene rings is 2. The standard InChI is InChI=1S/C20H25NO2/c1-15-12-13-19(23-3)18(14-15)16(2)21-20(22)11-7-10-17-8-5-4-6-9-17/h4-6,8-9,12-14,16H,7,10-11H2,1-3H3,(H,21,22)/t16-/m1/s1. The molecule has 0 aliphatic rings. The van der Waals surface area contributed by atoms with Crippen LogP contribution in [0, 0.1) is 6.92 Å². The number of carbonyl (C=O) groups excluding carboxylic acids is 1. The van der Waals surface area contributed by atoms with Crippen molar-refractivity contribution in [2.75, 3.05) is 7.11 Å². The van der Waals surface area contributed by atoms with Gasteiger partial charge in [-0.1, -0.05) is 48.0 Å². The van der Waals surface area contributed by atoms with E-state index in [4.69, 9.17) is 4.74 Å². The predicted molar refractivity (Wildman–Crippen MR) is 93.7 cm³/mol. The van der Waals surface area contributed by atoms with E-state index in [2.05, 4.69) is 23.5 Å². The molecule has 0 unspecified atom stereocenters. The zero-order chi connectivity index (χ0) is 16.7. The third kappa shape index (κ3) is 5.13. The van der Waals surface area contributed by atoms with Crippen LogP contribution < -0.4 is 10.1 Å². The minimum Gasteiger partial charge on any atom is -0.496 e. The van der Waals surface area contributed by atoms with Crippen LogP contribution in [0.5, 0.6) is 5.75 Å². The Hall–Kier alpha value is -2.29. The molecule has 0 bridgehead atoms. The molecule has 2 rings (SSSR count). The van der Waals surface area contributed by atoms with E-state index in [-0.39, 0.29) is 11.9 Å². The number of methoxy groups -OCH3 is 1. The molecule has 0 radical (unpaired) electrons. The van der Waals surface area contributed by atoms with Gasteiger partial charge in [-0.3, -0.25) is 4.79 Å². The van der Waals surface area contributed by atoms with E-state index in [1.54, 1.807) is 7.11 Å². The molecule has 0 aromatic heterocycles. The van der Waals surface area contributed by atoms with Gasteiger partial charge in [0.1, 0.15) is 5.75 Å². The van der Waals surface area contributed by atoms with Crippen molar-refractivity contribution in [2.24, 2.45) is 0 Å². The summed E-state index contributed by atoms with van der Waals surface area (Å²) in [6.45, 7) is 4.03. The third-order valence-corrected chi connectivity index (χ3v) is 3.94. The van der Waals surface area contributed by atoms with Crippen molar-refractivity contribution in [3.05, 3.63) is 65.2 Å². The summed E-state index contributed by atoms with van der Waals surface area (Å²) in [6.07, 6.45) is 2.32. The molecule has 23 heavy (non-hydrogen) atoms. The van der Waals surface area contributed by atoms with Crippen molar-refractivity contribution in [1.29, 1.82) is 0 Å². The third-order valence-electron chi connectivity index (χ3n) is 3.94. The summed E-state index contributed by atoms with van der Waals surface area (Å²) < 4.78 is 5.39. The average Bonchev–Trinajstić information content (AvgIpc) is 2.55. The lowest BCUT2D eigenvalue weighted by Crippen LogP contribution is -2.26. The van der Waals surface area contributed by atoms with Gasteiger partial charge in [-0.15, -0.1) is 0 Å². The van der Waals surface area contributed by atoms with E-state index < -0.39 is 0 Å². The Bertz CT molecular complexity index is 637. The number of ether oxygens (including phenoxy) is 1. The molecule has 3 nitrogen and oxygen atoms in total. The molecule has 122 valence electrons. The van der Waals surface area contributed by atoms with E-state index in [9.17, 15) is 4.79 Å². The number of aryl methyl sites for hydroxylation is 2. The molecule has 1 atom stereocenters. The summed E-state index contributed by atoms with van der Waals surface area (Å²) in [5.74, 6) is 0.893. The molecule has 0 heterocycles. The van der Waals surface area contributed by atoms with Crippen LogP contribution >= 0.6 is 0 Å². The summed E-state index contributed by atoms with van der Waals surface area (Å²) in [6, 6.07) is 16.2. The molecular formula is C20H25NO2. The van der Waals surface area contributed by atoms with Gasteiger partial charge in [0.25, 0.3) is 0 Å². The summed E-state index contributed by atoms with van der Waals surface area (Å²) in [5, 5.41) is 3.07. The number of amides is 1. The minimum absolute atomic E-state index is 0.0610. The highest BCUT2D eigenvalue weighted by Gasteiger charge is 2.14. The van der Waals surface area contributed by atoms with Gasteiger partial charge >= 0.3 is 0 Å². The molecule has 3 heteroatoms. The summed E-state index contributed by atoms with van der Waals surface area (Å²) in [4.78, 5) is 12.1. The maximum Gasteiger partial charge on any atom is 0.220 e. The van der Waals surface area contributed by atoms with Gasteiger partial charge in [0.05, 0.1) is 13.2 Å². The van der Waals surface area contributed by atoms with Crippen LogP contribution in [-0.4, -0.2) is 13.0 Å². The molecule has 0 fully saturated rings. The zero-order valence-electron chi connectivity index (χ0n) is 14.1. The summed E-state index contributed by atoms with van der Waals surface area (Å²) >= 11 is 0. The van der Waals surface area contributed by atoms with Crippen LogP contribution in [0.1, 0.15) is 42.5 Å². The van der Waals surface area contributed by atoms with Crippen LogP contribution in [0.25, 0.3) is 0 Å². The Morgan fingerprint density at radius 1 is 1.17 bits per heavy atom. The van der Waals surface area contributed by atoms with Gasteiger partial charge in [-0.2, -0.15) is 0 Å². The van der Waals surface area contributed by atoms with Gasteiger partial charge in [0.15, 0.2) is 0 Å². The van der Waals surface area contributed by atoms with Crippen molar-refractivity contribution in [3.8, 4) is 5.75 Å². The van der Waals surface area contributed by atoms with Crippen molar-refractivity contribution in [3.63, 3.8) is 0 Å². The maximum atomic E-state index is 12.1. The van der Waals surface area contributed by atoms with Crippen LogP contribution in [0.3, 0.4) is 0 Å². The first kappa shape index (κ1) is 17.1. The Labute approximate surface area is 138 Å². The van der Waals surface area contributed by atoms with Gasteiger partial charge in [0.2, 0.25) is 5.91 Å². The van der Waals surface area contributed by atoms with E-state index in [1.807, 2.05) is 44.2 Å². The second-order valence-electron chi connectivity index (χ2n) is 5.87. The first-order valence-corrected chi connectivity index (χ1v) is 8.08. The van der Waals surface area contributed by atoms with Crippen LogP contribution in [-0.2, 0) is 11.2 Å². The number of hydrogen-bond acceptors (Lipinski definition) is 2. The number of carbonyl (C=O) groups is 1. The van der Waals surface area contributed by atoms with Crippen LogP contribution in [0.15, 0.2) is 48.5 Å². The molecule has 1 amide bonds. The molecule has 0 aliphatic heterocycles. The average molecular weight is 311 g/mol. The Morgan fingerprint density at radius 3 is 2.61 bits per heavy atom.